The molecule has 1 aliphatic carbocycles. The van der Waals surface area contributed by atoms with Gasteiger partial charge in [-0.25, -0.2) is 9.37 Å². The van der Waals surface area contributed by atoms with Gasteiger partial charge in [-0.15, -0.1) is 17.9 Å². The van der Waals surface area contributed by atoms with Gasteiger partial charge in [0, 0.05) is 17.0 Å². The highest BCUT2D eigenvalue weighted by Crippen LogP contribution is 2.36. The van der Waals surface area contributed by atoms with E-state index in [1.165, 1.54) is 40.9 Å². The molecule has 0 bridgehead atoms. The van der Waals surface area contributed by atoms with Gasteiger partial charge in [-0.05, 0) is 55.0 Å². The number of carbonyl (C=O) groups is 1. The van der Waals surface area contributed by atoms with E-state index in [9.17, 15) is 14.0 Å². The van der Waals surface area contributed by atoms with Crippen LogP contribution < -0.4 is 5.56 Å². The van der Waals surface area contributed by atoms with Gasteiger partial charge in [0.1, 0.15) is 10.6 Å². The maximum absolute atomic E-state index is 13.2. The molecule has 4 rings (SSSR count). The Morgan fingerprint density at radius 2 is 2.17 bits per heavy atom. The third-order valence-electron chi connectivity index (χ3n) is 5.19. The number of ketones is 1. The van der Waals surface area contributed by atoms with Gasteiger partial charge >= 0.3 is 0 Å². The maximum atomic E-state index is 13.2. The number of nitrogens with zero attached hydrogens (tertiary/aromatic N) is 2. The highest BCUT2D eigenvalue weighted by Gasteiger charge is 2.24. The molecule has 4 nitrogen and oxygen atoms in total. The van der Waals surface area contributed by atoms with Gasteiger partial charge in [0.15, 0.2) is 10.9 Å². The lowest BCUT2D eigenvalue weighted by Gasteiger charge is -2.17. The number of carbonyl (C=O) groups excluding carboxylic acids is 1. The Labute approximate surface area is 176 Å². The van der Waals surface area contributed by atoms with E-state index in [2.05, 4.69) is 13.5 Å². The minimum absolute atomic E-state index is 0.0568. The average molecular weight is 429 g/mol. The van der Waals surface area contributed by atoms with Crippen LogP contribution in [0.25, 0.3) is 10.2 Å². The first-order valence-corrected chi connectivity index (χ1v) is 11.4. The first-order chi connectivity index (χ1) is 14.0. The molecule has 1 atom stereocenters. The van der Waals surface area contributed by atoms with Gasteiger partial charge in [-0.2, -0.15) is 0 Å². The Morgan fingerprint density at radius 1 is 1.41 bits per heavy atom. The van der Waals surface area contributed by atoms with Crippen LogP contribution in [0.4, 0.5) is 4.39 Å². The standard InChI is InChI=1S/C22H21FN2O2S2/c1-3-10-25-21(27)19-16-9-4-13(2)11-18(16)29-20(19)24-22(25)28-12-17(26)14-5-7-15(23)8-6-14/h3,5-8,13H,1,4,9-12H2,2H3. The first-order valence-electron chi connectivity index (χ1n) is 9.55. The molecular weight excluding hydrogens is 407 g/mol. The van der Waals surface area contributed by atoms with Crippen LogP contribution in [0, 0.1) is 11.7 Å². The highest BCUT2D eigenvalue weighted by molar-refractivity contribution is 7.99. The van der Waals surface area contributed by atoms with E-state index in [4.69, 9.17) is 4.98 Å². The van der Waals surface area contributed by atoms with Crippen molar-refractivity contribution < 1.29 is 9.18 Å². The van der Waals surface area contributed by atoms with Crippen LogP contribution in [0.15, 0.2) is 46.9 Å². The minimum Gasteiger partial charge on any atom is -0.293 e. The van der Waals surface area contributed by atoms with Crippen LogP contribution in [-0.2, 0) is 19.4 Å². The predicted octanol–water partition coefficient (Wildman–Crippen LogP) is 4.88. The molecule has 0 amide bonds. The number of hydrogen-bond acceptors (Lipinski definition) is 5. The van der Waals surface area contributed by atoms with E-state index in [0.717, 1.165) is 35.0 Å². The molecule has 2 heterocycles. The van der Waals surface area contributed by atoms with E-state index in [1.54, 1.807) is 22.0 Å². The topological polar surface area (TPSA) is 52.0 Å². The summed E-state index contributed by atoms with van der Waals surface area (Å²) in [5.74, 6) is 0.238. The molecule has 2 aromatic heterocycles. The van der Waals surface area contributed by atoms with Crippen molar-refractivity contribution in [2.75, 3.05) is 5.75 Å². The van der Waals surface area contributed by atoms with Crippen LogP contribution >= 0.6 is 23.1 Å². The van der Waals surface area contributed by atoms with Gasteiger partial charge in [-0.1, -0.05) is 24.8 Å². The summed E-state index contributed by atoms with van der Waals surface area (Å²) in [5.41, 5.74) is 1.54. The summed E-state index contributed by atoms with van der Waals surface area (Å²) in [6, 6.07) is 5.49. The van der Waals surface area contributed by atoms with Gasteiger partial charge in [-0.3, -0.25) is 14.2 Å². The first kappa shape index (κ1) is 20.0. The minimum atomic E-state index is -0.378. The molecular formula is C22H21FN2O2S2. The number of fused-ring (bicyclic) bond motifs is 3. The van der Waals surface area contributed by atoms with Crippen LogP contribution in [0.5, 0.6) is 0 Å². The molecule has 0 N–H and O–H groups in total. The third kappa shape index (κ3) is 3.94. The fourth-order valence-electron chi connectivity index (χ4n) is 3.65. The number of halogens is 1. The van der Waals surface area contributed by atoms with Crippen molar-refractivity contribution in [2.24, 2.45) is 5.92 Å². The summed E-state index contributed by atoms with van der Waals surface area (Å²) in [5, 5.41) is 1.25. The van der Waals surface area contributed by atoms with Crippen molar-refractivity contribution in [1.29, 1.82) is 0 Å². The average Bonchev–Trinajstić information content (AvgIpc) is 3.06. The molecule has 0 radical (unpaired) electrons. The van der Waals surface area contributed by atoms with Crippen LogP contribution in [-0.4, -0.2) is 21.1 Å². The summed E-state index contributed by atoms with van der Waals surface area (Å²) in [4.78, 5) is 32.5. The van der Waals surface area contributed by atoms with Crippen LogP contribution in [0.2, 0.25) is 0 Å². The Bertz CT molecular complexity index is 1150. The number of aryl methyl sites for hydroxylation is 1. The summed E-state index contributed by atoms with van der Waals surface area (Å²) >= 11 is 2.84. The second-order valence-corrected chi connectivity index (χ2v) is 9.38. The molecule has 29 heavy (non-hydrogen) atoms. The Balaban J connectivity index is 1.68. The molecule has 0 saturated carbocycles. The fraction of sp³-hybridized carbons (Fsp3) is 0.318. The molecule has 0 fully saturated rings. The zero-order chi connectivity index (χ0) is 20.5. The van der Waals surface area contributed by atoms with Crippen LogP contribution in [0.3, 0.4) is 0 Å². The van der Waals surface area contributed by atoms with Crippen molar-refractivity contribution >= 4 is 39.1 Å². The normalized spacial score (nSPS) is 16.0. The van der Waals surface area contributed by atoms with Crippen LogP contribution in [0.1, 0.15) is 34.1 Å². The Morgan fingerprint density at radius 3 is 2.90 bits per heavy atom. The number of aromatic nitrogens is 2. The van der Waals surface area contributed by atoms with Gasteiger partial charge in [0.25, 0.3) is 5.56 Å². The lowest BCUT2D eigenvalue weighted by molar-refractivity contribution is 0.102. The maximum Gasteiger partial charge on any atom is 0.263 e. The monoisotopic (exact) mass is 428 g/mol. The van der Waals surface area contributed by atoms with E-state index >= 15 is 0 Å². The number of hydrogen-bond donors (Lipinski definition) is 0. The lowest BCUT2D eigenvalue weighted by Crippen LogP contribution is -2.24. The van der Waals surface area contributed by atoms with Crippen molar-refractivity contribution in [3.05, 3.63) is 69.1 Å². The fourth-order valence-corrected chi connectivity index (χ4v) is 5.98. The molecule has 0 spiro atoms. The van der Waals surface area contributed by atoms with E-state index in [0.29, 0.717) is 23.2 Å². The molecule has 0 aliphatic heterocycles. The number of rotatable bonds is 6. The predicted molar refractivity (Wildman–Crippen MR) is 117 cm³/mol. The van der Waals surface area contributed by atoms with E-state index < -0.39 is 0 Å². The summed E-state index contributed by atoms with van der Waals surface area (Å²) in [6.45, 7) is 6.34. The highest BCUT2D eigenvalue weighted by atomic mass is 32.2. The quantitative estimate of drug-likeness (QED) is 0.243. The summed E-state index contributed by atoms with van der Waals surface area (Å²) in [7, 11) is 0. The second kappa shape index (κ2) is 8.24. The summed E-state index contributed by atoms with van der Waals surface area (Å²) < 4.78 is 14.7. The van der Waals surface area contributed by atoms with Gasteiger partial charge < -0.3 is 0 Å². The largest absolute Gasteiger partial charge is 0.293 e. The van der Waals surface area contributed by atoms with Crippen molar-refractivity contribution in [2.45, 2.75) is 37.9 Å². The third-order valence-corrected chi connectivity index (χ3v) is 7.32. The molecule has 0 saturated heterocycles. The zero-order valence-electron chi connectivity index (χ0n) is 16.1. The number of thiophene rings is 1. The van der Waals surface area contributed by atoms with Crippen molar-refractivity contribution in [3.63, 3.8) is 0 Å². The number of thioether (sulfide) groups is 1. The molecule has 7 heteroatoms. The zero-order valence-corrected chi connectivity index (χ0v) is 17.7. The number of allylic oxidation sites excluding steroid dienone is 1. The second-order valence-electron chi connectivity index (χ2n) is 7.35. The van der Waals surface area contributed by atoms with E-state index in [1.807, 2.05) is 0 Å². The molecule has 150 valence electrons. The lowest BCUT2D eigenvalue weighted by atomic mass is 9.89. The Kier molecular flexibility index (Phi) is 5.69. The number of benzene rings is 1. The van der Waals surface area contributed by atoms with Gasteiger partial charge in [0.05, 0.1) is 11.1 Å². The SMILES string of the molecule is C=CCn1c(SCC(=O)c2ccc(F)cc2)nc2sc3c(c2c1=O)CCC(C)C3. The molecule has 3 aromatic rings. The molecule has 1 aliphatic rings. The van der Waals surface area contributed by atoms with Crippen molar-refractivity contribution in [3.8, 4) is 0 Å². The molecule has 1 aromatic carbocycles. The number of Topliss-reactive ketones (excluding diaryl/α,β-unsaturated/α-hetero) is 1. The molecule has 1 unspecified atom stereocenters. The van der Waals surface area contributed by atoms with E-state index in [-0.39, 0.29) is 22.9 Å². The summed E-state index contributed by atoms with van der Waals surface area (Å²) in [6.07, 6.45) is 4.66. The smallest absolute Gasteiger partial charge is 0.263 e. The van der Waals surface area contributed by atoms with Crippen molar-refractivity contribution in [1.82, 2.24) is 9.55 Å². The van der Waals surface area contributed by atoms with Gasteiger partial charge in [0.2, 0.25) is 0 Å². The Hall–Kier alpha value is -2.25.